The van der Waals surface area contributed by atoms with Crippen molar-refractivity contribution < 1.29 is 8.78 Å². The summed E-state index contributed by atoms with van der Waals surface area (Å²) in [6, 6.07) is 2.14. The monoisotopic (exact) mass is 285 g/mol. The second kappa shape index (κ2) is 5.57. The van der Waals surface area contributed by atoms with Crippen LogP contribution in [0.15, 0.2) is 24.5 Å². The number of aromatic nitrogens is 2. The van der Waals surface area contributed by atoms with Crippen LogP contribution in [0.3, 0.4) is 0 Å². The number of anilines is 1. The van der Waals surface area contributed by atoms with E-state index in [0.29, 0.717) is 6.54 Å². The fourth-order valence-electron chi connectivity index (χ4n) is 1.65. The van der Waals surface area contributed by atoms with Crippen molar-refractivity contribution in [3.63, 3.8) is 0 Å². The maximum Gasteiger partial charge on any atom is 0.150 e. The molecule has 2 aromatic rings. The molecule has 1 aromatic heterocycles. The van der Waals surface area contributed by atoms with Crippen LogP contribution in [-0.2, 0) is 6.54 Å². The quantitative estimate of drug-likeness (QED) is 0.920. The third-order valence-electron chi connectivity index (χ3n) is 2.66. The summed E-state index contributed by atoms with van der Waals surface area (Å²) in [6.45, 7) is 4.40. The molecular weight excluding hydrogens is 272 g/mol. The van der Waals surface area contributed by atoms with Crippen LogP contribution in [0.25, 0.3) is 0 Å². The Labute approximate surface area is 115 Å². The first-order valence-corrected chi connectivity index (χ1v) is 6.26. The fourth-order valence-corrected chi connectivity index (χ4v) is 1.91. The van der Waals surface area contributed by atoms with Gasteiger partial charge in [-0.15, -0.1) is 0 Å². The number of hydrogen-bond acceptors (Lipinski definition) is 2. The van der Waals surface area contributed by atoms with E-state index in [-0.39, 0.29) is 16.8 Å². The number of benzene rings is 1. The minimum absolute atomic E-state index is 0.0220. The lowest BCUT2D eigenvalue weighted by molar-refractivity contribution is 0.532. The van der Waals surface area contributed by atoms with Gasteiger partial charge in [-0.05, 0) is 19.9 Å². The second-order valence-electron chi connectivity index (χ2n) is 4.52. The van der Waals surface area contributed by atoms with E-state index < -0.39 is 11.6 Å². The average molecular weight is 286 g/mol. The minimum Gasteiger partial charge on any atom is -0.377 e. The van der Waals surface area contributed by atoms with Crippen molar-refractivity contribution in [2.24, 2.45) is 0 Å². The maximum atomic E-state index is 13.5. The molecule has 0 atom stereocenters. The van der Waals surface area contributed by atoms with E-state index in [0.717, 1.165) is 17.7 Å². The molecule has 0 spiro atoms. The van der Waals surface area contributed by atoms with Crippen molar-refractivity contribution in [3.8, 4) is 0 Å². The van der Waals surface area contributed by atoms with Crippen molar-refractivity contribution in [2.45, 2.75) is 26.4 Å². The van der Waals surface area contributed by atoms with Gasteiger partial charge in [0, 0.05) is 30.4 Å². The molecule has 0 aliphatic heterocycles. The SMILES string of the molecule is CC(C)n1cc(CNc2c(F)cc(F)cc2Cl)cn1. The Balaban J connectivity index is 2.10. The summed E-state index contributed by atoms with van der Waals surface area (Å²) in [4.78, 5) is 0. The number of hydrogen-bond donors (Lipinski definition) is 1. The lowest BCUT2D eigenvalue weighted by Crippen LogP contribution is -2.03. The van der Waals surface area contributed by atoms with Crippen LogP contribution in [0.4, 0.5) is 14.5 Å². The summed E-state index contributed by atoms with van der Waals surface area (Å²) < 4.78 is 28.2. The Morgan fingerprint density at radius 3 is 2.68 bits per heavy atom. The third kappa shape index (κ3) is 3.23. The normalized spacial score (nSPS) is 11.1. The van der Waals surface area contributed by atoms with Crippen LogP contribution in [0.5, 0.6) is 0 Å². The summed E-state index contributed by atoms with van der Waals surface area (Å²) in [5.41, 5.74) is 0.994. The van der Waals surface area contributed by atoms with Gasteiger partial charge in [0.1, 0.15) is 5.82 Å². The topological polar surface area (TPSA) is 29.9 Å². The minimum atomic E-state index is -0.707. The molecule has 19 heavy (non-hydrogen) atoms. The van der Waals surface area contributed by atoms with E-state index in [1.807, 2.05) is 20.0 Å². The molecule has 1 N–H and O–H groups in total. The zero-order valence-corrected chi connectivity index (χ0v) is 11.4. The number of rotatable bonds is 4. The van der Waals surface area contributed by atoms with Crippen molar-refractivity contribution in [3.05, 3.63) is 46.7 Å². The molecule has 102 valence electrons. The van der Waals surface area contributed by atoms with E-state index >= 15 is 0 Å². The molecule has 0 aliphatic rings. The second-order valence-corrected chi connectivity index (χ2v) is 4.93. The van der Waals surface area contributed by atoms with E-state index in [1.165, 1.54) is 0 Å². The first-order chi connectivity index (χ1) is 8.97. The lowest BCUT2D eigenvalue weighted by Gasteiger charge is -2.08. The molecule has 0 aliphatic carbocycles. The van der Waals surface area contributed by atoms with Gasteiger partial charge in [0.05, 0.1) is 16.9 Å². The molecule has 0 amide bonds. The van der Waals surface area contributed by atoms with Crippen LogP contribution < -0.4 is 5.32 Å². The summed E-state index contributed by atoms with van der Waals surface area (Å²) in [5.74, 6) is -1.40. The first kappa shape index (κ1) is 13.8. The first-order valence-electron chi connectivity index (χ1n) is 5.89. The Hall–Kier alpha value is -1.62. The van der Waals surface area contributed by atoms with Crippen LogP contribution >= 0.6 is 11.6 Å². The van der Waals surface area contributed by atoms with E-state index in [4.69, 9.17) is 11.6 Å². The van der Waals surface area contributed by atoms with E-state index in [2.05, 4.69) is 10.4 Å². The zero-order valence-electron chi connectivity index (χ0n) is 10.6. The van der Waals surface area contributed by atoms with Crippen molar-refractivity contribution in [2.75, 3.05) is 5.32 Å². The van der Waals surface area contributed by atoms with Crippen LogP contribution in [0.1, 0.15) is 25.5 Å². The molecule has 0 radical (unpaired) electrons. The highest BCUT2D eigenvalue weighted by Gasteiger charge is 2.10. The Bertz CT molecular complexity index is 558. The molecule has 6 heteroatoms. The molecule has 0 fully saturated rings. The summed E-state index contributed by atoms with van der Waals surface area (Å²) in [5, 5.41) is 7.05. The average Bonchev–Trinajstić information content (AvgIpc) is 2.76. The van der Waals surface area contributed by atoms with Crippen LogP contribution in [-0.4, -0.2) is 9.78 Å². The van der Waals surface area contributed by atoms with Crippen LogP contribution in [0, 0.1) is 11.6 Å². The van der Waals surface area contributed by atoms with Gasteiger partial charge >= 0.3 is 0 Å². The molecule has 0 saturated heterocycles. The van der Waals surface area contributed by atoms with Gasteiger partial charge in [-0.3, -0.25) is 4.68 Å². The Kier molecular flexibility index (Phi) is 4.04. The molecule has 1 heterocycles. The Morgan fingerprint density at radius 1 is 1.37 bits per heavy atom. The highest BCUT2D eigenvalue weighted by atomic mass is 35.5. The standard InChI is InChI=1S/C13H14ClF2N3/c1-8(2)19-7-9(6-18-19)5-17-13-11(14)3-10(15)4-12(13)16/h3-4,6-8,17H,5H2,1-2H3. The summed E-state index contributed by atoms with van der Waals surface area (Å²) in [6.07, 6.45) is 3.56. The summed E-state index contributed by atoms with van der Waals surface area (Å²) in [7, 11) is 0. The maximum absolute atomic E-state index is 13.5. The highest BCUT2D eigenvalue weighted by Crippen LogP contribution is 2.26. The fraction of sp³-hybridized carbons (Fsp3) is 0.308. The molecule has 2 rings (SSSR count). The van der Waals surface area contributed by atoms with Gasteiger partial charge in [-0.25, -0.2) is 8.78 Å². The molecular formula is C13H14ClF2N3. The van der Waals surface area contributed by atoms with Gasteiger partial charge in [0.15, 0.2) is 5.82 Å². The molecule has 0 saturated carbocycles. The molecule has 1 aromatic carbocycles. The predicted molar refractivity (Wildman–Crippen MR) is 71.3 cm³/mol. The smallest absolute Gasteiger partial charge is 0.150 e. The van der Waals surface area contributed by atoms with Crippen molar-refractivity contribution in [1.29, 1.82) is 0 Å². The van der Waals surface area contributed by atoms with Crippen molar-refractivity contribution >= 4 is 17.3 Å². The van der Waals surface area contributed by atoms with Gasteiger partial charge < -0.3 is 5.32 Å². The van der Waals surface area contributed by atoms with Crippen molar-refractivity contribution in [1.82, 2.24) is 9.78 Å². The zero-order chi connectivity index (χ0) is 14.0. The number of nitrogens with zero attached hydrogens (tertiary/aromatic N) is 2. The lowest BCUT2D eigenvalue weighted by atomic mass is 10.2. The van der Waals surface area contributed by atoms with Gasteiger partial charge in [0.25, 0.3) is 0 Å². The van der Waals surface area contributed by atoms with Gasteiger partial charge in [-0.2, -0.15) is 5.10 Å². The molecule has 3 nitrogen and oxygen atoms in total. The number of nitrogens with one attached hydrogen (secondary N) is 1. The molecule has 0 bridgehead atoms. The molecule has 0 unspecified atom stereocenters. The van der Waals surface area contributed by atoms with E-state index in [9.17, 15) is 8.78 Å². The van der Waals surface area contributed by atoms with Gasteiger partial charge in [0.2, 0.25) is 0 Å². The predicted octanol–water partition coefficient (Wildman–Crippen LogP) is 4.01. The number of halogens is 3. The third-order valence-corrected chi connectivity index (χ3v) is 2.96. The largest absolute Gasteiger partial charge is 0.377 e. The van der Waals surface area contributed by atoms with Gasteiger partial charge in [-0.1, -0.05) is 11.6 Å². The highest BCUT2D eigenvalue weighted by molar-refractivity contribution is 6.33. The van der Waals surface area contributed by atoms with Crippen LogP contribution in [0.2, 0.25) is 5.02 Å². The summed E-state index contributed by atoms with van der Waals surface area (Å²) >= 11 is 5.79. The van der Waals surface area contributed by atoms with E-state index in [1.54, 1.807) is 10.9 Å². The Morgan fingerprint density at radius 2 is 2.11 bits per heavy atom.